The molecular weight excluding hydrogens is 348 g/mol. The third kappa shape index (κ3) is 4.41. The van der Waals surface area contributed by atoms with E-state index in [9.17, 15) is 8.42 Å². The van der Waals surface area contributed by atoms with E-state index in [2.05, 4.69) is 30.5 Å². The van der Waals surface area contributed by atoms with Gasteiger partial charge in [-0.1, -0.05) is 27.7 Å². The Morgan fingerprint density at radius 3 is 2.30 bits per heavy atom. The number of sulfonamides is 1. The molecule has 1 N–H and O–H groups in total. The van der Waals surface area contributed by atoms with Crippen molar-refractivity contribution in [1.82, 2.24) is 9.71 Å². The fourth-order valence-electron chi connectivity index (χ4n) is 1.81. The standard InChI is InChI=1S/C16H24N2O2S3/c1-7-16(5,6)18-23(19,20)13-8-11(9-21-13)14-17-12(10-22-14)15(2,3)4/h8-10,18H,7H2,1-6H3. The molecule has 0 fully saturated rings. The topological polar surface area (TPSA) is 59.1 Å². The molecule has 0 aliphatic rings. The molecule has 2 aromatic rings. The van der Waals surface area contributed by atoms with E-state index in [0.29, 0.717) is 4.21 Å². The molecule has 7 heteroatoms. The Hall–Kier alpha value is -0.760. The molecule has 128 valence electrons. The Morgan fingerprint density at radius 1 is 1.13 bits per heavy atom. The van der Waals surface area contributed by atoms with Crippen molar-refractivity contribution >= 4 is 32.7 Å². The Bertz CT molecular complexity index is 780. The van der Waals surface area contributed by atoms with E-state index in [1.54, 1.807) is 17.4 Å². The number of thiophene rings is 1. The van der Waals surface area contributed by atoms with Crippen molar-refractivity contribution in [2.75, 3.05) is 0 Å². The van der Waals surface area contributed by atoms with Gasteiger partial charge < -0.3 is 0 Å². The lowest BCUT2D eigenvalue weighted by Gasteiger charge is -2.23. The van der Waals surface area contributed by atoms with Gasteiger partial charge in [-0.05, 0) is 26.3 Å². The van der Waals surface area contributed by atoms with Crippen molar-refractivity contribution in [3.8, 4) is 10.6 Å². The Labute approximate surface area is 147 Å². The average Bonchev–Trinajstić information content (AvgIpc) is 3.06. The minimum absolute atomic E-state index is 0.00756. The largest absolute Gasteiger partial charge is 0.250 e. The van der Waals surface area contributed by atoms with Crippen LogP contribution in [0.3, 0.4) is 0 Å². The van der Waals surface area contributed by atoms with Gasteiger partial charge in [-0.15, -0.1) is 22.7 Å². The van der Waals surface area contributed by atoms with Crippen LogP contribution in [0.1, 0.15) is 53.7 Å². The Balaban J connectivity index is 2.29. The lowest BCUT2D eigenvalue weighted by atomic mass is 9.93. The highest BCUT2D eigenvalue weighted by Gasteiger charge is 2.26. The van der Waals surface area contributed by atoms with Gasteiger partial charge in [0.25, 0.3) is 10.0 Å². The molecule has 0 aromatic carbocycles. The second kappa shape index (κ2) is 6.27. The fraction of sp³-hybridized carbons (Fsp3) is 0.562. The normalized spacial score (nSPS) is 13.5. The summed E-state index contributed by atoms with van der Waals surface area (Å²) in [5.41, 5.74) is 1.43. The van der Waals surface area contributed by atoms with E-state index in [4.69, 9.17) is 0 Å². The van der Waals surface area contributed by atoms with Gasteiger partial charge in [-0.25, -0.2) is 18.1 Å². The van der Waals surface area contributed by atoms with E-state index in [0.717, 1.165) is 22.7 Å². The third-order valence-electron chi connectivity index (χ3n) is 3.65. The summed E-state index contributed by atoms with van der Waals surface area (Å²) >= 11 is 2.79. The van der Waals surface area contributed by atoms with E-state index in [1.807, 2.05) is 31.5 Å². The van der Waals surface area contributed by atoms with Gasteiger partial charge in [0.15, 0.2) is 0 Å². The van der Waals surface area contributed by atoms with Gasteiger partial charge in [-0.2, -0.15) is 0 Å². The minimum atomic E-state index is -3.49. The predicted octanol–water partition coefficient (Wildman–Crippen LogP) is 4.64. The van der Waals surface area contributed by atoms with Gasteiger partial charge >= 0.3 is 0 Å². The summed E-state index contributed by atoms with van der Waals surface area (Å²) in [4.78, 5) is 4.65. The summed E-state index contributed by atoms with van der Waals surface area (Å²) < 4.78 is 28.1. The second-order valence-corrected chi connectivity index (χ2v) is 11.0. The van der Waals surface area contributed by atoms with Crippen LogP contribution in [-0.4, -0.2) is 18.9 Å². The maximum absolute atomic E-state index is 12.5. The molecule has 0 radical (unpaired) electrons. The summed E-state index contributed by atoms with van der Waals surface area (Å²) in [6, 6.07) is 1.71. The Morgan fingerprint density at radius 2 is 1.78 bits per heavy atom. The molecule has 0 atom stereocenters. The molecule has 0 bridgehead atoms. The van der Waals surface area contributed by atoms with Crippen LogP contribution in [0.25, 0.3) is 10.6 Å². The van der Waals surface area contributed by atoms with Crippen molar-refractivity contribution in [2.24, 2.45) is 0 Å². The summed E-state index contributed by atoms with van der Waals surface area (Å²) in [5.74, 6) is 0. The van der Waals surface area contributed by atoms with Crippen molar-refractivity contribution in [3.63, 3.8) is 0 Å². The molecular formula is C16H24N2O2S3. The second-order valence-electron chi connectivity index (χ2n) is 7.29. The average molecular weight is 373 g/mol. The van der Waals surface area contributed by atoms with Crippen molar-refractivity contribution in [2.45, 2.75) is 63.1 Å². The van der Waals surface area contributed by atoms with Crippen LogP contribution < -0.4 is 4.72 Å². The molecule has 4 nitrogen and oxygen atoms in total. The molecule has 23 heavy (non-hydrogen) atoms. The number of nitrogens with one attached hydrogen (secondary N) is 1. The molecule has 2 aromatic heterocycles. The van der Waals surface area contributed by atoms with Crippen LogP contribution in [0.4, 0.5) is 0 Å². The molecule has 0 amide bonds. The van der Waals surface area contributed by atoms with E-state index in [1.165, 1.54) is 11.3 Å². The first-order chi connectivity index (χ1) is 10.4. The SMILES string of the molecule is CCC(C)(C)NS(=O)(=O)c1cc(-c2nc(C(C)(C)C)cs2)cs1. The van der Waals surface area contributed by atoms with E-state index >= 15 is 0 Å². The third-order valence-corrected chi connectivity index (χ3v) is 7.68. The quantitative estimate of drug-likeness (QED) is 0.832. The van der Waals surface area contributed by atoms with Crippen LogP contribution >= 0.6 is 22.7 Å². The van der Waals surface area contributed by atoms with Crippen LogP contribution in [0.15, 0.2) is 21.0 Å². The van der Waals surface area contributed by atoms with Crippen molar-refractivity contribution in [3.05, 3.63) is 22.5 Å². The number of hydrogen-bond acceptors (Lipinski definition) is 5. The fourth-order valence-corrected chi connectivity index (χ4v) is 5.56. The highest BCUT2D eigenvalue weighted by molar-refractivity contribution is 7.91. The number of hydrogen-bond donors (Lipinski definition) is 1. The maximum Gasteiger partial charge on any atom is 0.250 e. The van der Waals surface area contributed by atoms with E-state index < -0.39 is 15.6 Å². The smallest absolute Gasteiger partial charge is 0.241 e. The zero-order valence-electron chi connectivity index (χ0n) is 14.4. The maximum atomic E-state index is 12.5. The van der Waals surface area contributed by atoms with Crippen LogP contribution in [-0.2, 0) is 15.4 Å². The Kier molecular flexibility index (Phi) is 5.07. The lowest BCUT2D eigenvalue weighted by Crippen LogP contribution is -2.42. The van der Waals surface area contributed by atoms with Gasteiger partial charge in [0.1, 0.15) is 9.22 Å². The van der Waals surface area contributed by atoms with Gasteiger partial charge in [0.2, 0.25) is 0 Å². The molecule has 0 unspecified atom stereocenters. The first-order valence-electron chi connectivity index (χ1n) is 7.53. The summed E-state index contributed by atoms with van der Waals surface area (Å²) in [6.45, 7) is 12.1. The van der Waals surface area contributed by atoms with Crippen LogP contribution in [0, 0.1) is 0 Å². The molecule has 0 saturated heterocycles. The first kappa shape index (κ1) is 18.6. The minimum Gasteiger partial charge on any atom is -0.241 e. The van der Waals surface area contributed by atoms with Gasteiger partial charge in [0, 0.05) is 27.3 Å². The van der Waals surface area contributed by atoms with Gasteiger partial charge in [0.05, 0.1) is 5.69 Å². The molecule has 2 rings (SSSR count). The van der Waals surface area contributed by atoms with Crippen LogP contribution in [0.5, 0.6) is 0 Å². The zero-order valence-corrected chi connectivity index (χ0v) is 16.9. The van der Waals surface area contributed by atoms with Crippen LogP contribution in [0.2, 0.25) is 0 Å². The molecule has 0 saturated carbocycles. The highest BCUT2D eigenvalue weighted by atomic mass is 32.2. The molecule has 0 aliphatic heterocycles. The summed E-state index contributed by atoms with van der Waals surface area (Å²) in [7, 11) is -3.49. The van der Waals surface area contributed by atoms with Crippen molar-refractivity contribution in [1.29, 1.82) is 0 Å². The number of nitrogens with zero attached hydrogens (tertiary/aromatic N) is 1. The number of rotatable bonds is 5. The molecule has 2 heterocycles. The summed E-state index contributed by atoms with van der Waals surface area (Å²) in [6.07, 6.45) is 0.728. The molecule has 0 spiro atoms. The van der Waals surface area contributed by atoms with Crippen molar-refractivity contribution < 1.29 is 8.42 Å². The van der Waals surface area contributed by atoms with E-state index in [-0.39, 0.29) is 5.41 Å². The monoisotopic (exact) mass is 372 g/mol. The zero-order chi connectivity index (χ0) is 17.5. The lowest BCUT2D eigenvalue weighted by molar-refractivity contribution is 0.440. The highest BCUT2D eigenvalue weighted by Crippen LogP contribution is 2.33. The number of aromatic nitrogens is 1. The van der Waals surface area contributed by atoms with Gasteiger partial charge in [-0.3, -0.25) is 0 Å². The number of thiazole rings is 1. The summed E-state index contributed by atoms with van der Waals surface area (Å²) in [5, 5.41) is 4.76. The predicted molar refractivity (Wildman–Crippen MR) is 98.8 cm³/mol. The first-order valence-corrected chi connectivity index (χ1v) is 10.8. The molecule has 0 aliphatic carbocycles.